The minimum Gasteiger partial charge on any atom is -0.619 e. The van der Waals surface area contributed by atoms with Crippen molar-refractivity contribution >= 4 is 34.1 Å². The van der Waals surface area contributed by atoms with Gasteiger partial charge in [0.15, 0.2) is 19.0 Å². The Morgan fingerprint density at radius 2 is 2.07 bits per heavy atom. The lowest BCUT2D eigenvalue weighted by Crippen LogP contribution is -2.25. The number of nitrogens with zero attached hydrogens (tertiary/aromatic N) is 1. The first-order chi connectivity index (χ1) is 12.8. The summed E-state index contributed by atoms with van der Waals surface area (Å²) < 4.78 is 5.48. The first kappa shape index (κ1) is 18.8. The highest BCUT2D eigenvalue weighted by molar-refractivity contribution is 7.17. The van der Waals surface area contributed by atoms with Crippen LogP contribution in [0.5, 0.6) is 0 Å². The number of nitrogens with two attached hydrogens (primary N) is 1. The van der Waals surface area contributed by atoms with Gasteiger partial charge in [-0.1, -0.05) is 6.92 Å². The highest BCUT2D eigenvalue weighted by atomic mass is 32.1. The Morgan fingerprint density at radius 1 is 1.37 bits per heavy atom. The lowest BCUT2D eigenvalue weighted by Gasteiger charge is -2.18. The summed E-state index contributed by atoms with van der Waals surface area (Å²) in [5.74, 6) is -1.35. The fraction of sp³-hybridized carbons (Fsp3) is 0.333. The maximum atomic E-state index is 12.2. The Hall–Kier alpha value is -2.94. The van der Waals surface area contributed by atoms with Crippen molar-refractivity contribution in [2.45, 2.75) is 26.2 Å². The number of hydrogen-bond donors (Lipinski definition) is 2. The Kier molecular flexibility index (Phi) is 5.41. The number of hydrogen-bond acceptors (Lipinski definition) is 6. The van der Waals surface area contributed by atoms with E-state index in [0.29, 0.717) is 21.2 Å². The number of ether oxygens (including phenoxy) is 1. The van der Waals surface area contributed by atoms with Gasteiger partial charge in [-0.05, 0) is 30.7 Å². The van der Waals surface area contributed by atoms with E-state index in [2.05, 4.69) is 12.2 Å². The van der Waals surface area contributed by atoms with E-state index in [1.54, 1.807) is 0 Å². The van der Waals surface area contributed by atoms with Gasteiger partial charge >= 0.3 is 5.97 Å². The van der Waals surface area contributed by atoms with E-state index in [4.69, 9.17) is 10.5 Å². The molecule has 2 amide bonds. The second-order valence-corrected chi connectivity index (χ2v) is 7.60. The van der Waals surface area contributed by atoms with Crippen LogP contribution in [0, 0.1) is 11.1 Å². The van der Waals surface area contributed by atoms with Crippen LogP contribution in [0.1, 0.15) is 44.5 Å². The summed E-state index contributed by atoms with van der Waals surface area (Å²) in [5, 5.41) is 14.0. The largest absolute Gasteiger partial charge is 0.619 e. The topological polar surface area (TPSA) is 125 Å². The van der Waals surface area contributed by atoms with Crippen LogP contribution in [0.2, 0.25) is 0 Å². The summed E-state index contributed by atoms with van der Waals surface area (Å²) in [7, 11) is 0. The number of amides is 2. The SMILES string of the molecule is C[C@@H]1CCc2c(sc(NC(=O)COC(=O)c3cc[n+]([O-])cc3)c2C(N)=O)C1. The van der Waals surface area contributed by atoms with Crippen molar-refractivity contribution in [3.8, 4) is 0 Å². The number of pyridine rings is 1. The molecule has 0 bridgehead atoms. The predicted octanol–water partition coefficient (Wildman–Crippen LogP) is 1.40. The van der Waals surface area contributed by atoms with Gasteiger partial charge in [0.1, 0.15) is 5.00 Å². The third-order valence-corrected chi connectivity index (χ3v) is 5.55. The third kappa shape index (κ3) is 4.25. The number of nitrogens with one attached hydrogen (secondary N) is 1. The average molecular weight is 389 g/mol. The van der Waals surface area contributed by atoms with Gasteiger partial charge in [0.25, 0.3) is 11.8 Å². The van der Waals surface area contributed by atoms with Gasteiger partial charge in [-0.2, -0.15) is 4.73 Å². The van der Waals surface area contributed by atoms with Crippen LogP contribution in [-0.4, -0.2) is 24.4 Å². The lowest BCUT2D eigenvalue weighted by molar-refractivity contribution is -0.605. The summed E-state index contributed by atoms with van der Waals surface area (Å²) >= 11 is 1.34. The molecule has 0 saturated heterocycles. The number of primary amides is 1. The van der Waals surface area contributed by atoms with Gasteiger partial charge < -0.3 is 21.0 Å². The van der Waals surface area contributed by atoms with Gasteiger partial charge in [0.05, 0.1) is 11.1 Å². The number of carbonyl (C=O) groups excluding carboxylic acids is 3. The summed E-state index contributed by atoms with van der Waals surface area (Å²) in [6.07, 6.45) is 4.89. The Balaban J connectivity index is 1.66. The molecule has 27 heavy (non-hydrogen) atoms. The molecule has 0 radical (unpaired) electrons. The molecule has 8 nitrogen and oxygen atoms in total. The van der Waals surface area contributed by atoms with Crippen LogP contribution in [0.4, 0.5) is 5.00 Å². The second kappa shape index (κ2) is 7.75. The van der Waals surface area contributed by atoms with Gasteiger partial charge in [0.2, 0.25) is 0 Å². The monoisotopic (exact) mass is 389 g/mol. The number of thiophene rings is 1. The van der Waals surface area contributed by atoms with Crippen molar-refractivity contribution in [1.29, 1.82) is 0 Å². The van der Waals surface area contributed by atoms with Crippen LogP contribution >= 0.6 is 11.3 Å². The Bertz CT molecular complexity index is 891. The van der Waals surface area contributed by atoms with Crippen LogP contribution < -0.4 is 15.8 Å². The molecule has 9 heteroatoms. The van der Waals surface area contributed by atoms with E-state index >= 15 is 0 Å². The number of anilines is 1. The van der Waals surface area contributed by atoms with Crippen LogP contribution in [0.3, 0.4) is 0 Å². The fourth-order valence-electron chi connectivity index (χ4n) is 3.03. The number of rotatable bonds is 5. The minimum atomic E-state index is -0.722. The molecule has 0 fully saturated rings. The molecule has 3 rings (SSSR count). The maximum absolute atomic E-state index is 12.2. The number of fused-ring (bicyclic) bond motifs is 1. The summed E-state index contributed by atoms with van der Waals surface area (Å²) in [6, 6.07) is 2.60. The highest BCUT2D eigenvalue weighted by Crippen LogP contribution is 2.39. The van der Waals surface area contributed by atoms with Crippen molar-refractivity contribution in [3.63, 3.8) is 0 Å². The molecule has 2 aromatic heterocycles. The zero-order valence-electron chi connectivity index (χ0n) is 14.7. The molecule has 0 unspecified atom stereocenters. The quantitative estimate of drug-likeness (QED) is 0.454. The number of aromatic nitrogens is 1. The normalized spacial score (nSPS) is 15.7. The molecule has 1 aliphatic rings. The van der Waals surface area contributed by atoms with E-state index in [1.165, 1.54) is 23.5 Å². The summed E-state index contributed by atoms with van der Waals surface area (Å²) in [5.41, 5.74) is 6.93. The van der Waals surface area contributed by atoms with E-state index in [1.807, 2.05) is 0 Å². The first-order valence-corrected chi connectivity index (χ1v) is 9.27. The van der Waals surface area contributed by atoms with Crippen molar-refractivity contribution in [2.24, 2.45) is 11.7 Å². The van der Waals surface area contributed by atoms with E-state index < -0.39 is 24.4 Å². The molecule has 1 aliphatic carbocycles. The molecular weight excluding hydrogens is 370 g/mol. The zero-order valence-corrected chi connectivity index (χ0v) is 15.5. The molecule has 142 valence electrons. The molecule has 2 aromatic rings. The van der Waals surface area contributed by atoms with E-state index in [-0.39, 0.29) is 5.56 Å². The van der Waals surface area contributed by atoms with Crippen LogP contribution in [0.25, 0.3) is 0 Å². The molecule has 1 atom stereocenters. The summed E-state index contributed by atoms with van der Waals surface area (Å²) in [6.45, 7) is 1.63. The van der Waals surface area contributed by atoms with Gasteiger partial charge in [-0.3, -0.25) is 9.59 Å². The molecule has 0 aliphatic heterocycles. The molecule has 0 spiro atoms. The maximum Gasteiger partial charge on any atom is 0.339 e. The average Bonchev–Trinajstić information content (AvgIpc) is 2.97. The highest BCUT2D eigenvalue weighted by Gasteiger charge is 2.27. The summed E-state index contributed by atoms with van der Waals surface area (Å²) in [4.78, 5) is 37.0. The molecule has 0 saturated carbocycles. The van der Waals surface area contributed by atoms with Crippen LogP contribution in [0.15, 0.2) is 24.5 Å². The van der Waals surface area contributed by atoms with E-state index in [9.17, 15) is 19.6 Å². The fourth-order valence-corrected chi connectivity index (χ4v) is 4.46. The molecule has 0 aromatic carbocycles. The second-order valence-electron chi connectivity index (χ2n) is 6.49. The molecular formula is C18H19N3O5S. The van der Waals surface area contributed by atoms with Crippen molar-refractivity contribution in [2.75, 3.05) is 11.9 Å². The van der Waals surface area contributed by atoms with Gasteiger partial charge in [0, 0.05) is 17.0 Å². The zero-order chi connectivity index (χ0) is 19.6. The van der Waals surface area contributed by atoms with Crippen molar-refractivity contribution in [1.82, 2.24) is 0 Å². The third-order valence-electron chi connectivity index (χ3n) is 4.38. The number of esters is 1. The predicted molar refractivity (Wildman–Crippen MR) is 98.3 cm³/mol. The Morgan fingerprint density at radius 3 is 2.74 bits per heavy atom. The van der Waals surface area contributed by atoms with Gasteiger partial charge in [-0.25, -0.2) is 4.79 Å². The number of carbonyl (C=O) groups is 3. The molecule has 2 heterocycles. The smallest absolute Gasteiger partial charge is 0.339 e. The van der Waals surface area contributed by atoms with Crippen LogP contribution in [-0.2, 0) is 22.4 Å². The van der Waals surface area contributed by atoms with Crippen molar-refractivity contribution < 1.29 is 23.9 Å². The Labute approximate surface area is 159 Å². The lowest BCUT2D eigenvalue weighted by atomic mass is 9.88. The van der Waals surface area contributed by atoms with Crippen molar-refractivity contribution in [3.05, 3.63) is 51.3 Å². The minimum absolute atomic E-state index is 0.160. The molecule has 3 N–H and O–H groups in total. The first-order valence-electron chi connectivity index (χ1n) is 8.45. The van der Waals surface area contributed by atoms with Gasteiger partial charge in [-0.15, -0.1) is 11.3 Å². The standard InChI is InChI=1S/C18H19N3O5S/c1-10-2-3-12-13(8-10)27-17(15(12)16(19)23)20-14(22)9-26-18(24)11-4-6-21(25)7-5-11/h4-7,10H,2-3,8-9H2,1H3,(H2,19,23)(H,20,22)/t10-/m1/s1. The van der Waals surface area contributed by atoms with E-state index in [0.717, 1.165) is 42.1 Å².